The number of imidazole rings is 1. The third kappa shape index (κ3) is 2.30. The van der Waals surface area contributed by atoms with Gasteiger partial charge in [-0.2, -0.15) is 0 Å². The first-order valence-electron chi connectivity index (χ1n) is 8.84. The first-order valence-corrected chi connectivity index (χ1v) is 9.72. The van der Waals surface area contributed by atoms with Crippen molar-refractivity contribution in [1.82, 2.24) is 24.4 Å². The number of nitrogens with zero attached hydrogens (tertiary/aromatic N) is 5. The summed E-state index contributed by atoms with van der Waals surface area (Å²) in [5, 5.41) is 2.10. The molecule has 1 spiro atoms. The average Bonchev–Trinajstić information content (AvgIpc) is 3.42. The minimum atomic E-state index is -0.0298. The van der Waals surface area contributed by atoms with E-state index in [9.17, 15) is 4.79 Å². The molecule has 7 heteroatoms. The fraction of sp³-hybridized carbons (Fsp3) is 0.368. The Kier molecular flexibility index (Phi) is 3.46. The number of hydrogen-bond acceptors (Lipinski definition) is 5. The Morgan fingerprint density at radius 3 is 2.81 bits per heavy atom. The number of likely N-dealkylation sites (tertiary alicyclic amines) is 1. The summed E-state index contributed by atoms with van der Waals surface area (Å²) in [7, 11) is 0. The Morgan fingerprint density at radius 2 is 2.04 bits per heavy atom. The number of thiophene rings is 1. The fourth-order valence-electron chi connectivity index (χ4n) is 4.18. The van der Waals surface area contributed by atoms with Crippen LogP contribution in [0, 0.1) is 6.92 Å². The van der Waals surface area contributed by atoms with Crippen molar-refractivity contribution in [3.05, 3.63) is 53.3 Å². The van der Waals surface area contributed by atoms with Gasteiger partial charge in [0.25, 0.3) is 5.91 Å². The summed E-state index contributed by atoms with van der Waals surface area (Å²) in [5.74, 6) is 1.10. The van der Waals surface area contributed by atoms with Crippen molar-refractivity contribution in [2.45, 2.75) is 31.7 Å². The van der Waals surface area contributed by atoms with E-state index in [0.29, 0.717) is 12.2 Å². The van der Waals surface area contributed by atoms with E-state index in [2.05, 4.69) is 32.0 Å². The number of rotatable bonds is 2. The fourth-order valence-corrected chi connectivity index (χ4v) is 4.93. The van der Waals surface area contributed by atoms with Crippen molar-refractivity contribution < 1.29 is 4.79 Å². The summed E-state index contributed by atoms with van der Waals surface area (Å²) >= 11 is 1.74. The maximum absolute atomic E-state index is 12.8. The topological polar surface area (TPSA) is 63.9 Å². The number of carbonyl (C=O) groups is 1. The monoisotopic (exact) mass is 365 g/mol. The molecule has 3 aromatic rings. The number of aryl methyl sites for hydroxylation is 1. The highest BCUT2D eigenvalue weighted by molar-refractivity contribution is 7.13. The largest absolute Gasteiger partial charge is 0.336 e. The van der Waals surface area contributed by atoms with Gasteiger partial charge in [-0.25, -0.2) is 9.97 Å². The lowest BCUT2D eigenvalue weighted by molar-refractivity contribution is 0.0776. The smallest absolute Gasteiger partial charge is 0.274 e. The first-order chi connectivity index (χ1) is 12.7. The molecule has 5 heterocycles. The van der Waals surface area contributed by atoms with E-state index in [1.807, 2.05) is 18.0 Å². The zero-order chi connectivity index (χ0) is 17.7. The van der Waals surface area contributed by atoms with E-state index < -0.39 is 0 Å². The van der Waals surface area contributed by atoms with E-state index in [-0.39, 0.29) is 11.3 Å². The van der Waals surface area contributed by atoms with Crippen molar-refractivity contribution in [1.29, 1.82) is 0 Å². The zero-order valence-corrected chi connectivity index (χ0v) is 15.4. The number of hydrogen-bond donors (Lipinski definition) is 0. The van der Waals surface area contributed by atoms with Gasteiger partial charge in [-0.15, -0.1) is 11.3 Å². The molecule has 2 aliphatic rings. The minimum absolute atomic E-state index is 0.0245. The molecular formula is C19H19N5OS. The van der Waals surface area contributed by atoms with E-state index in [1.165, 1.54) is 10.6 Å². The quantitative estimate of drug-likeness (QED) is 0.700. The van der Waals surface area contributed by atoms with Crippen LogP contribution in [0.1, 0.15) is 34.8 Å². The molecule has 1 atom stereocenters. The Morgan fingerprint density at radius 1 is 1.15 bits per heavy atom. The van der Waals surface area contributed by atoms with Crippen LogP contribution in [-0.4, -0.2) is 43.4 Å². The first kappa shape index (κ1) is 15.7. The van der Waals surface area contributed by atoms with Crippen LogP contribution in [-0.2, 0) is 12.0 Å². The summed E-state index contributed by atoms with van der Waals surface area (Å²) in [6, 6.07) is 4.21. The van der Waals surface area contributed by atoms with Gasteiger partial charge < -0.3 is 9.47 Å². The molecule has 0 aromatic carbocycles. The van der Waals surface area contributed by atoms with Gasteiger partial charge in [0.05, 0.1) is 28.7 Å². The van der Waals surface area contributed by atoms with Crippen LogP contribution in [0.2, 0.25) is 0 Å². The van der Waals surface area contributed by atoms with Crippen LogP contribution >= 0.6 is 11.3 Å². The van der Waals surface area contributed by atoms with Gasteiger partial charge in [0, 0.05) is 31.2 Å². The third-order valence-corrected chi connectivity index (χ3v) is 6.45. The second kappa shape index (κ2) is 5.74. The molecule has 1 amide bonds. The normalized spacial score (nSPS) is 21.5. The van der Waals surface area contributed by atoms with Crippen LogP contribution in [0.25, 0.3) is 10.6 Å². The van der Waals surface area contributed by atoms with Crippen molar-refractivity contribution in [2.75, 3.05) is 13.1 Å². The van der Waals surface area contributed by atoms with E-state index in [0.717, 1.165) is 37.4 Å². The molecule has 0 bridgehead atoms. The Balaban J connectivity index is 1.42. The summed E-state index contributed by atoms with van der Waals surface area (Å²) in [5.41, 5.74) is 2.41. The Hall–Kier alpha value is -2.54. The molecule has 0 radical (unpaired) electrons. The third-order valence-electron chi connectivity index (χ3n) is 5.56. The summed E-state index contributed by atoms with van der Waals surface area (Å²) in [6.45, 7) is 4.29. The average molecular weight is 365 g/mol. The predicted octanol–water partition coefficient (Wildman–Crippen LogP) is 2.90. The van der Waals surface area contributed by atoms with Crippen LogP contribution in [0.15, 0.2) is 36.1 Å². The van der Waals surface area contributed by atoms with Gasteiger partial charge in [-0.1, -0.05) is 6.07 Å². The molecule has 0 N–H and O–H groups in total. The molecule has 1 saturated heterocycles. The van der Waals surface area contributed by atoms with Gasteiger partial charge in [-0.05, 0) is 31.2 Å². The Bertz CT molecular complexity index is 962. The van der Waals surface area contributed by atoms with Crippen LogP contribution < -0.4 is 0 Å². The molecule has 0 unspecified atom stereocenters. The highest BCUT2D eigenvalue weighted by atomic mass is 32.1. The maximum atomic E-state index is 12.8. The lowest BCUT2D eigenvalue weighted by atomic mass is 9.85. The maximum Gasteiger partial charge on any atom is 0.274 e. The highest BCUT2D eigenvalue weighted by Crippen LogP contribution is 2.44. The van der Waals surface area contributed by atoms with Crippen molar-refractivity contribution in [3.63, 3.8) is 0 Å². The van der Waals surface area contributed by atoms with Gasteiger partial charge in [0.15, 0.2) is 0 Å². The summed E-state index contributed by atoms with van der Waals surface area (Å²) in [6.07, 6.45) is 7.20. The molecular weight excluding hydrogens is 346 g/mol. The van der Waals surface area contributed by atoms with E-state index >= 15 is 0 Å². The Labute approximate surface area is 155 Å². The number of fused-ring (bicyclic) bond motifs is 2. The van der Waals surface area contributed by atoms with Crippen LogP contribution in [0.5, 0.6) is 0 Å². The van der Waals surface area contributed by atoms with E-state index in [1.54, 1.807) is 23.7 Å². The van der Waals surface area contributed by atoms with Gasteiger partial charge >= 0.3 is 0 Å². The molecule has 0 saturated carbocycles. The molecule has 3 aromatic heterocycles. The van der Waals surface area contributed by atoms with Crippen molar-refractivity contribution in [2.24, 2.45) is 0 Å². The number of amides is 1. The predicted molar refractivity (Wildman–Crippen MR) is 99.1 cm³/mol. The van der Waals surface area contributed by atoms with E-state index in [4.69, 9.17) is 4.98 Å². The molecule has 132 valence electrons. The number of carbonyl (C=O) groups excluding carboxylic acids is 1. The zero-order valence-electron chi connectivity index (χ0n) is 14.6. The second-order valence-electron chi connectivity index (χ2n) is 7.15. The van der Waals surface area contributed by atoms with Crippen LogP contribution in [0.4, 0.5) is 0 Å². The number of aromatic nitrogens is 4. The van der Waals surface area contributed by atoms with Gasteiger partial charge in [0.2, 0.25) is 0 Å². The standard InChI is InChI=1S/C19H19N5OS/c1-13-9-21-14(10-20-13)17(25)23-6-4-19(12-23)5-7-24-15(11-22-18(19)24)16-3-2-8-26-16/h2-3,8-11H,4-7,12H2,1H3/t19-/m0/s1. The second-order valence-corrected chi connectivity index (χ2v) is 8.09. The highest BCUT2D eigenvalue weighted by Gasteiger charge is 2.48. The molecule has 2 aliphatic heterocycles. The van der Waals surface area contributed by atoms with Gasteiger partial charge in [0.1, 0.15) is 11.5 Å². The van der Waals surface area contributed by atoms with Gasteiger partial charge in [-0.3, -0.25) is 9.78 Å². The molecule has 0 aliphatic carbocycles. The SMILES string of the molecule is Cc1cnc(C(=O)N2CC[C@]3(CCn4c(-c5cccs5)cnc43)C2)cn1. The molecule has 1 fully saturated rings. The lowest BCUT2D eigenvalue weighted by Crippen LogP contribution is -2.34. The molecule has 6 nitrogen and oxygen atoms in total. The molecule has 5 rings (SSSR count). The van der Waals surface area contributed by atoms with Crippen LogP contribution in [0.3, 0.4) is 0 Å². The molecule has 26 heavy (non-hydrogen) atoms. The minimum Gasteiger partial charge on any atom is -0.336 e. The summed E-state index contributed by atoms with van der Waals surface area (Å²) in [4.78, 5) is 29.2. The lowest BCUT2D eigenvalue weighted by Gasteiger charge is -2.22. The summed E-state index contributed by atoms with van der Waals surface area (Å²) < 4.78 is 2.34. The van der Waals surface area contributed by atoms with Crippen molar-refractivity contribution in [3.8, 4) is 10.6 Å². The van der Waals surface area contributed by atoms with Crippen molar-refractivity contribution >= 4 is 17.2 Å².